The minimum Gasteiger partial charge on any atom is -0.345 e. The van der Waals surface area contributed by atoms with Gasteiger partial charge in [-0.25, -0.2) is 4.98 Å². The van der Waals surface area contributed by atoms with Gasteiger partial charge in [0.2, 0.25) is 0 Å². The lowest BCUT2D eigenvalue weighted by atomic mass is 10.0. The van der Waals surface area contributed by atoms with Crippen molar-refractivity contribution < 1.29 is 4.79 Å². The van der Waals surface area contributed by atoms with Gasteiger partial charge in [0.05, 0.1) is 0 Å². The molecule has 4 heteroatoms. The number of fused-ring (bicyclic) bond motifs is 1. The molecule has 1 unspecified atom stereocenters. The van der Waals surface area contributed by atoms with Crippen molar-refractivity contribution in [1.82, 2.24) is 4.98 Å². The van der Waals surface area contributed by atoms with Crippen molar-refractivity contribution in [3.05, 3.63) is 10.6 Å². The van der Waals surface area contributed by atoms with Gasteiger partial charge in [-0.05, 0) is 32.6 Å². The SMILES string of the molecule is CC1CCCCCN1c1nc2c(s1)CCCC2=O. The summed E-state index contributed by atoms with van der Waals surface area (Å²) < 4.78 is 0. The summed E-state index contributed by atoms with van der Waals surface area (Å²) in [6, 6.07) is 0.565. The minimum atomic E-state index is 0.251. The normalized spacial score (nSPS) is 24.8. The molecule has 0 bridgehead atoms. The van der Waals surface area contributed by atoms with Crippen molar-refractivity contribution >= 4 is 22.3 Å². The van der Waals surface area contributed by atoms with Crippen molar-refractivity contribution in [2.45, 2.75) is 57.9 Å². The van der Waals surface area contributed by atoms with Crippen molar-refractivity contribution in [2.75, 3.05) is 11.4 Å². The number of hydrogen-bond donors (Lipinski definition) is 0. The third-order valence-electron chi connectivity index (χ3n) is 4.06. The largest absolute Gasteiger partial charge is 0.345 e. The van der Waals surface area contributed by atoms with E-state index in [2.05, 4.69) is 16.8 Å². The summed E-state index contributed by atoms with van der Waals surface area (Å²) in [5.74, 6) is 0.251. The molecule has 2 aliphatic rings. The van der Waals surface area contributed by atoms with Crippen LogP contribution >= 0.6 is 11.3 Å². The number of aromatic nitrogens is 1. The molecule has 0 spiro atoms. The molecule has 1 fully saturated rings. The number of Topliss-reactive ketones (excluding diaryl/α,β-unsaturated/α-hetero) is 1. The van der Waals surface area contributed by atoms with E-state index in [1.165, 1.54) is 30.6 Å². The molecule has 1 aliphatic carbocycles. The van der Waals surface area contributed by atoms with Crippen LogP contribution in [0.25, 0.3) is 0 Å². The maximum absolute atomic E-state index is 11.9. The standard InChI is InChI=1S/C14H20N2OS/c1-10-6-3-2-4-9-16(10)14-15-13-11(17)7-5-8-12(13)18-14/h10H,2-9H2,1H3. The Bertz CT molecular complexity index is 455. The number of hydrogen-bond acceptors (Lipinski definition) is 4. The van der Waals surface area contributed by atoms with Gasteiger partial charge in [0.15, 0.2) is 10.9 Å². The average molecular weight is 264 g/mol. The highest BCUT2D eigenvalue weighted by molar-refractivity contribution is 7.16. The molecule has 1 atom stereocenters. The zero-order chi connectivity index (χ0) is 12.5. The van der Waals surface area contributed by atoms with Crippen LogP contribution in [0.1, 0.15) is 60.8 Å². The van der Waals surface area contributed by atoms with Gasteiger partial charge in [-0.1, -0.05) is 12.8 Å². The molecule has 0 aromatic carbocycles. The first-order valence-corrected chi connectivity index (χ1v) is 7.87. The monoisotopic (exact) mass is 264 g/mol. The smallest absolute Gasteiger partial charge is 0.186 e. The van der Waals surface area contributed by atoms with Gasteiger partial charge in [0.1, 0.15) is 5.69 Å². The van der Waals surface area contributed by atoms with Gasteiger partial charge in [-0.3, -0.25) is 4.79 Å². The number of aryl methyl sites for hydroxylation is 1. The van der Waals surface area contributed by atoms with Crippen LogP contribution in [0.3, 0.4) is 0 Å². The van der Waals surface area contributed by atoms with E-state index < -0.39 is 0 Å². The Morgan fingerprint density at radius 3 is 2.94 bits per heavy atom. The van der Waals surface area contributed by atoms with Crippen LogP contribution in [0.2, 0.25) is 0 Å². The lowest BCUT2D eigenvalue weighted by Crippen LogP contribution is -2.32. The first-order chi connectivity index (χ1) is 8.75. The van der Waals surface area contributed by atoms with Crippen molar-refractivity contribution in [3.63, 3.8) is 0 Å². The second-order valence-electron chi connectivity index (χ2n) is 5.44. The number of nitrogens with zero attached hydrogens (tertiary/aromatic N) is 2. The van der Waals surface area contributed by atoms with Crippen LogP contribution in [0.5, 0.6) is 0 Å². The van der Waals surface area contributed by atoms with Crippen LogP contribution in [0, 0.1) is 0 Å². The van der Waals surface area contributed by atoms with Gasteiger partial charge >= 0.3 is 0 Å². The molecule has 0 N–H and O–H groups in total. The Kier molecular flexibility index (Phi) is 3.37. The second kappa shape index (κ2) is 5.00. The predicted octanol–water partition coefficient (Wildman–Crippen LogP) is 3.43. The maximum Gasteiger partial charge on any atom is 0.186 e. The summed E-state index contributed by atoms with van der Waals surface area (Å²) >= 11 is 1.75. The van der Waals surface area contributed by atoms with E-state index in [1.807, 2.05) is 0 Å². The van der Waals surface area contributed by atoms with Gasteiger partial charge in [-0.15, -0.1) is 11.3 Å². The van der Waals surface area contributed by atoms with Crippen molar-refractivity contribution in [3.8, 4) is 0 Å². The molecule has 2 heterocycles. The molecule has 18 heavy (non-hydrogen) atoms. The van der Waals surface area contributed by atoms with E-state index in [0.29, 0.717) is 12.5 Å². The number of anilines is 1. The van der Waals surface area contributed by atoms with E-state index in [4.69, 9.17) is 0 Å². The van der Waals surface area contributed by atoms with Crippen LogP contribution < -0.4 is 4.90 Å². The Morgan fingerprint density at radius 2 is 2.11 bits per heavy atom. The number of rotatable bonds is 1. The lowest BCUT2D eigenvalue weighted by molar-refractivity contribution is 0.0968. The lowest BCUT2D eigenvalue weighted by Gasteiger charge is -2.26. The molecule has 98 valence electrons. The molecule has 3 rings (SSSR count). The van der Waals surface area contributed by atoms with Gasteiger partial charge in [0.25, 0.3) is 0 Å². The fourth-order valence-electron chi connectivity index (χ4n) is 2.94. The summed E-state index contributed by atoms with van der Waals surface area (Å²) in [4.78, 5) is 20.1. The highest BCUT2D eigenvalue weighted by Gasteiger charge is 2.26. The van der Waals surface area contributed by atoms with E-state index in [0.717, 1.165) is 30.2 Å². The number of ketones is 1. The third kappa shape index (κ3) is 2.18. The number of thiazole rings is 1. The van der Waals surface area contributed by atoms with Gasteiger partial charge in [-0.2, -0.15) is 0 Å². The number of carbonyl (C=O) groups is 1. The molecule has 0 amide bonds. The summed E-state index contributed by atoms with van der Waals surface area (Å²) in [6.07, 6.45) is 7.88. The Labute approximate surface area is 112 Å². The van der Waals surface area contributed by atoms with Crippen molar-refractivity contribution in [1.29, 1.82) is 0 Å². The number of carbonyl (C=O) groups excluding carboxylic acids is 1. The Morgan fingerprint density at radius 1 is 1.22 bits per heavy atom. The fourth-order valence-corrected chi connectivity index (χ4v) is 4.18. The summed E-state index contributed by atoms with van der Waals surface area (Å²) in [6.45, 7) is 3.38. The van der Waals surface area contributed by atoms with Gasteiger partial charge < -0.3 is 4.90 Å². The van der Waals surface area contributed by atoms with E-state index in [9.17, 15) is 4.79 Å². The van der Waals surface area contributed by atoms with E-state index >= 15 is 0 Å². The average Bonchev–Trinajstić information content (AvgIpc) is 2.67. The molecular formula is C14H20N2OS. The Balaban J connectivity index is 1.89. The van der Waals surface area contributed by atoms with Crippen molar-refractivity contribution in [2.24, 2.45) is 0 Å². The Hall–Kier alpha value is -0.900. The zero-order valence-corrected chi connectivity index (χ0v) is 11.8. The molecule has 0 radical (unpaired) electrons. The first kappa shape index (κ1) is 12.2. The van der Waals surface area contributed by atoms with Crippen LogP contribution in [0.15, 0.2) is 0 Å². The quantitative estimate of drug-likeness (QED) is 0.779. The fraction of sp³-hybridized carbons (Fsp3) is 0.714. The molecule has 0 saturated carbocycles. The summed E-state index contributed by atoms with van der Waals surface area (Å²) in [5.41, 5.74) is 0.776. The molecule has 3 nitrogen and oxygen atoms in total. The zero-order valence-electron chi connectivity index (χ0n) is 10.9. The highest BCUT2D eigenvalue weighted by atomic mass is 32.1. The molecule has 1 saturated heterocycles. The van der Waals surface area contributed by atoms with Gasteiger partial charge in [0, 0.05) is 23.9 Å². The minimum absolute atomic E-state index is 0.251. The molecule has 1 aromatic rings. The molecular weight excluding hydrogens is 244 g/mol. The van der Waals surface area contributed by atoms with E-state index in [-0.39, 0.29) is 5.78 Å². The highest BCUT2D eigenvalue weighted by Crippen LogP contribution is 2.34. The van der Waals surface area contributed by atoms with Crippen LogP contribution in [-0.4, -0.2) is 23.4 Å². The van der Waals surface area contributed by atoms with Crippen LogP contribution in [-0.2, 0) is 6.42 Å². The predicted molar refractivity (Wildman–Crippen MR) is 74.7 cm³/mol. The summed E-state index contributed by atoms with van der Waals surface area (Å²) in [7, 11) is 0. The molecule has 1 aliphatic heterocycles. The van der Waals surface area contributed by atoms with Crippen LogP contribution in [0.4, 0.5) is 5.13 Å². The van der Waals surface area contributed by atoms with E-state index in [1.54, 1.807) is 11.3 Å². The summed E-state index contributed by atoms with van der Waals surface area (Å²) in [5, 5.41) is 1.09. The maximum atomic E-state index is 11.9. The third-order valence-corrected chi connectivity index (χ3v) is 5.21. The first-order valence-electron chi connectivity index (χ1n) is 7.05. The topological polar surface area (TPSA) is 33.2 Å². The second-order valence-corrected chi connectivity index (χ2v) is 6.50. The molecule has 1 aromatic heterocycles.